The van der Waals surface area contributed by atoms with Gasteiger partial charge in [0.15, 0.2) is 0 Å². The van der Waals surface area contributed by atoms with Crippen LogP contribution in [0.25, 0.3) is 0 Å². The molecule has 0 radical (unpaired) electrons. The van der Waals surface area contributed by atoms with Crippen molar-refractivity contribution in [2.24, 2.45) is 5.73 Å². The third-order valence-electron chi connectivity index (χ3n) is 4.33. The highest BCUT2D eigenvalue weighted by atomic mass is 16.5. The van der Waals surface area contributed by atoms with Gasteiger partial charge in [-0.15, -0.1) is 0 Å². The molecule has 3 nitrogen and oxygen atoms in total. The van der Waals surface area contributed by atoms with Crippen LogP contribution in [-0.2, 0) is 11.3 Å². The van der Waals surface area contributed by atoms with Crippen molar-refractivity contribution in [2.75, 3.05) is 26.8 Å². The second-order valence-corrected chi connectivity index (χ2v) is 5.81. The Hall–Kier alpha value is -0.900. The van der Waals surface area contributed by atoms with Crippen LogP contribution in [0.3, 0.4) is 0 Å². The molecule has 0 bridgehead atoms. The molecule has 0 aliphatic carbocycles. The number of nitrogens with two attached hydrogens (primary N) is 1. The van der Waals surface area contributed by atoms with E-state index in [4.69, 9.17) is 10.5 Å². The highest BCUT2D eigenvalue weighted by molar-refractivity contribution is 5.25. The van der Waals surface area contributed by atoms with Gasteiger partial charge in [0.05, 0.1) is 6.61 Å². The minimum absolute atomic E-state index is 0.433. The number of nitrogens with zero attached hydrogens (tertiary/aromatic N) is 1. The molecule has 1 aromatic rings. The summed E-state index contributed by atoms with van der Waals surface area (Å²) in [5.41, 5.74) is 8.42. The number of ether oxygens (including phenoxy) is 1. The van der Waals surface area contributed by atoms with Crippen LogP contribution in [0.2, 0.25) is 0 Å². The summed E-state index contributed by atoms with van der Waals surface area (Å²) in [4.78, 5) is 2.53. The molecule has 1 atom stereocenters. The summed E-state index contributed by atoms with van der Waals surface area (Å²) in [6, 6.07) is 9.54. The van der Waals surface area contributed by atoms with Crippen molar-refractivity contribution in [3.63, 3.8) is 0 Å². The van der Waals surface area contributed by atoms with Gasteiger partial charge in [0.2, 0.25) is 0 Å². The fourth-order valence-electron chi connectivity index (χ4n) is 2.73. The molecule has 120 valence electrons. The largest absolute Gasteiger partial charge is 0.383 e. The maximum absolute atomic E-state index is 5.73. The quantitative estimate of drug-likeness (QED) is 0.718. The van der Waals surface area contributed by atoms with Crippen molar-refractivity contribution in [1.29, 1.82) is 0 Å². The van der Waals surface area contributed by atoms with Crippen LogP contribution in [0.5, 0.6) is 0 Å². The Labute approximate surface area is 130 Å². The molecule has 0 saturated heterocycles. The molecular formula is C18H32N2O. The van der Waals surface area contributed by atoms with Crippen molar-refractivity contribution in [1.82, 2.24) is 4.90 Å². The van der Waals surface area contributed by atoms with E-state index in [1.807, 2.05) is 0 Å². The van der Waals surface area contributed by atoms with E-state index in [9.17, 15) is 0 Å². The number of benzene rings is 1. The standard InChI is InChI=1S/C18H32N2O/c1-5-18(6-2)20(11-12-21-4)14-16-7-9-17(10-8-16)15(3)13-19/h7-10,15,18H,5-6,11-14,19H2,1-4H3. The van der Waals surface area contributed by atoms with Crippen molar-refractivity contribution < 1.29 is 4.74 Å². The fourth-order valence-corrected chi connectivity index (χ4v) is 2.73. The van der Waals surface area contributed by atoms with E-state index in [0.717, 1.165) is 19.7 Å². The summed E-state index contributed by atoms with van der Waals surface area (Å²) >= 11 is 0. The van der Waals surface area contributed by atoms with Gasteiger partial charge < -0.3 is 10.5 Å². The Morgan fingerprint density at radius 1 is 1.14 bits per heavy atom. The van der Waals surface area contributed by atoms with Gasteiger partial charge in [0.25, 0.3) is 0 Å². The number of hydrogen-bond acceptors (Lipinski definition) is 3. The zero-order chi connectivity index (χ0) is 15.7. The minimum atomic E-state index is 0.433. The van der Waals surface area contributed by atoms with Crippen molar-refractivity contribution >= 4 is 0 Å². The Balaban J connectivity index is 2.73. The third-order valence-corrected chi connectivity index (χ3v) is 4.33. The zero-order valence-electron chi connectivity index (χ0n) is 14.1. The molecule has 1 rings (SSSR count). The van der Waals surface area contributed by atoms with E-state index < -0.39 is 0 Å². The van der Waals surface area contributed by atoms with E-state index in [1.54, 1.807) is 7.11 Å². The summed E-state index contributed by atoms with van der Waals surface area (Å²) < 4.78 is 5.26. The molecule has 0 amide bonds. The maximum Gasteiger partial charge on any atom is 0.0589 e. The fraction of sp³-hybridized carbons (Fsp3) is 0.667. The molecule has 0 saturated carbocycles. The highest BCUT2D eigenvalue weighted by Crippen LogP contribution is 2.17. The number of hydrogen-bond donors (Lipinski definition) is 1. The predicted molar refractivity (Wildman–Crippen MR) is 90.6 cm³/mol. The van der Waals surface area contributed by atoms with E-state index in [1.165, 1.54) is 24.0 Å². The van der Waals surface area contributed by atoms with E-state index in [0.29, 0.717) is 18.5 Å². The Bertz CT molecular complexity index is 373. The third kappa shape index (κ3) is 5.77. The molecular weight excluding hydrogens is 260 g/mol. The molecule has 1 unspecified atom stereocenters. The number of methoxy groups -OCH3 is 1. The van der Waals surface area contributed by atoms with Gasteiger partial charge in [-0.2, -0.15) is 0 Å². The second kappa shape index (κ2) is 9.93. The van der Waals surface area contributed by atoms with Crippen molar-refractivity contribution in [3.05, 3.63) is 35.4 Å². The molecule has 0 heterocycles. The summed E-state index contributed by atoms with van der Waals surface area (Å²) in [5, 5.41) is 0. The lowest BCUT2D eigenvalue weighted by Crippen LogP contribution is -2.36. The number of rotatable bonds is 10. The van der Waals surface area contributed by atoms with Crippen LogP contribution in [0.1, 0.15) is 50.7 Å². The minimum Gasteiger partial charge on any atom is -0.383 e. The zero-order valence-corrected chi connectivity index (χ0v) is 14.1. The van der Waals surface area contributed by atoms with Gasteiger partial charge in [0, 0.05) is 26.2 Å². The molecule has 0 aliphatic heterocycles. The van der Waals surface area contributed by atoms with E-state index in [2.05, 4.69) is 49.9 Å². The smallest absolute Gasteiger partial charge is 0.0589 e. The topological polar surface area (TPSA) is 38.5 Å². The Morgan fingerprint density at radius 3 is 2.24 bits per heavy atom. The van der Waals surface area contributed by atoms with Gasteiger partial charge in [-0.3, -0.25) is 4.90 Å². The van der Waals surface area contributed by atoms with Crippen LogP contribution in [0, 0.1) is 0 Å². The van der Waals surface area contributed by atoms with Gasteiger partial charge in [-0.05, 0) is 36.4 Å². The average molecular weight is 292 g/mol. The van der Waals surface area contributed by atoms with Gasteiger partial charge in [-0.25, -0.2) is 0 Å². The van der Waals surface area contributed by atoms with Crippen molar-refractivity contribution in [3.8, 4) is 0 Å². The Kier molecular flexibility index (Phi) is 8.58. The Morgan fingerprint density at radius 2 is 1.76 bits per heavy atom. The summed E-state index contributed by atoms with van der Waals surface area (Å²) in [5.74, 6) is 0.433. The SMILES string of the molecule is CCC(CC)N(CCOC)Cc1ccc(C(C)CN)cc1. The molecule has 3 heteroatoms. The average Bonchev–Trinajstić information content (AvgIpc) is 2.53. The summed E-state index contributed by atoms with van der Waals surface area (Å²) in [7, 11) is 1.77. The van der Waals surface area contributed by atoms with Crippen LogP contribution in [-0.4, -0.2) is 37.7 Å². The first-order chi connectivity index (χ1) is 10.2. The lowest BCUT2D eigenvalue weighted by molar-refractivity contribution is 0.110. The van der Waals surface area contributed by atoms with Gasteiger partial charge in [0.1, 0.15) is 0 Å². The monoisotopic (exact) mass is 292 g/mol. The van der Waals surface area contributed by atoms with Gasteiger partial charge in [-0.1, -0.05) is 45.0 Å². The predicted octanol–water partition coefficient (Wildman–Crippen LogP) is 3.39. The second-order valence-electron chi connectivity index (χ2n) is 5.81. The first-order valence-corrected chi connectivity index (χ1v) is 8.18. The molecule has 0 aliphatic rings. The lowest BCUT2D eigenvalue weighted by atomic mass is 9.99. The molecule has 1 aromatic carbocycles. The van der Waals surface area contributed by atoms with Gasteiger partial charge >= 0.3 is 0 Å². The first-order valence-electron chi connectivity index (χ1n) is 8.18. The molecule has 0 spiro atoms. The van der Waals surface area contributed by atoms with E-state index >= 15 is 0 Å². The molecule has 21 heavy (non-hydrogen) atoms. The maximum atomic E-state index is 5.73. The summed E-state index contributed by atoms with van der Waals surface area (Å²) in [6.07, 6.45) is 2.37. The normalized spacial score (nSPS) is 13.1. The van der Waals surface area contributed by atoms with Crippen LogP contribution in [0.4, 0.5) is 0 Å². The van der Waals surface area contributed by atoms with Crippen LogP contribution >= 0.6 is 0 Å². The first kappa shape index (κ1) is 18.1. The van der Waals surface area contributed by atoms with E-state index in [-0.39, 0.29) is 0 Å². The summed E-state index contributed by atoms with van der Waals surface area (Å²) in [6.45, 7) is 10.2. The van der Waals surface area contributed by atoms with Crippen molar-refractivity contribution in [2.45, 2.75) is 52.1 Å². The molecule has 0 aromatic heterocycles. The van der Waals surface area contributed by atoms with Crippen LogP contribution in [0.15, 0.2) is 24.3 Å². The molecule has 2 N–H and O–H groups in total. The molecule has 0 fully saturated rings. The van der Waals surface area contributed by atoms with Crippen LogP contribution < -0.4 is 5.73 Å². The highest BCUT2D eigenvalue weighted by Gasteiger charge is 2.15. The lowest BCUT2D eigenvalue weighted by Gasteiger charge is -2.30.